The molecule has 0 radical (unpaired) electrons. The van der Waals surface area contributed by atoms with E-state index in [1.165, 1.54) is 0 Å². The molecule has 1 aromatic carbocycles. The number of aldehydes is 1. The topological polar surface area (TPSA) is 38.8 Å². The summed E-state index contributed by atoms with van der Waals surface area (Å²) in [6.45, 7) is 4.82. The largest absolute Gasteiger partial charge is 0.492 e. The molecule has 18 heavy (non-hydrogen) atoms. The standard InChI is InChI=1S/C13H16ClNO3/c14-12-1-2-13(11(9-12)10-16)18-8-5-15-3-6-17-7-4-15/h1-2,9-10H,3-8H2. The van der Waals surface area contributed by atoms with Crippen molar-refractivity contribution in [1.82, 2.24) is 4.90 Å². The van der Waals surface area contributed by atoms with Crippen LogP contribution in [-0.2, 0) is 4.74 Å². The lowest BCUT2D eigenvalue weighted by Gasteiger charge is -2.26. The van der Waals surface area contributed by atoms with Crippen LogP contribution in [0.25, 0.3) is 0 Å². The van der Waals surface area contributed by atoms with Gasteiger partial charge in [0.2, 0.25) is 0 Å². The van der Waals surface area contributed by atoms with Crippen LogP contribution in [0.15, 0.2) is 18.2 Å². The Morgan fingerprint density at radius 2 is 2.17 bits per heavy atom. The first-order valence-corrected chi connectivity index (χ1v) is 6.35. The molecule has 0 unspecified atom stereocenters. The Kier molecular flexibility index (Phi) is 4.99. The Morgan fingerprint density at radius 3 is 2.89 bits per heavy atom. The molecule has 1 aliphatic heterocycles. The molecular weight excluding hydrogens is 254 g/mol. The van der Waals surface area contributed by atoms with Crippen molar-refractivity contribution in [2.45, 2.75) is 0 Å². The number of benzene rings is 1. The third-order valence-electron chi connectivity index (χ3n) is 2.87. The Labute approximate surface area is 111 Å². The summed E-state index contributed by atoms with van der Waals surface area (Å²) in [6.07, 6.45) is 0.760. The van der Waals surface area contributed by atoms with Crippen LogP contribution in [0.2, 0.25) is 5.02 Å². The van der Waals surface area contributed by atoms with E-state index in [-0.39, 0.29) is 0 Å². The average Bonchev–Trinajstić information content (AvgIpc) is 2.41. The maximum Gasteiger partial charge on any atom is 0.153 e. The van der Waals surface area contributed by atoms with Gasteiger partial charge in [-0.15, -0.1) is 0 Å². The molecule has 0 N–H and O–H groups in total. The lowest BCUT2D eigenvalue weighted by molar-refractivity contribution is 0.0322. The van der Waals surface area contributed by atoms with E-state index in [1.54, 1.807) is 18.2 Å². The zero-order chi connectivity index (χ0) is 12.8. The fraction of sp³-hybridized carbons (Fsp3) is 0.462. The Bertz CT molecular complexity index is 405. The number of ether oxygens (including phenoxy) is 2. The van der Waals surface area contributed by atoms with E-state index in [9.17, 15) is 4.79 Å². The van der Waals surface area contributed by atoms with Crippen molar-refractivity contribution in [2.24, 2.45) is 0 Å². The Hall–Kier alpha value is -1.10. The third kappa shape index (κ3) is 3.70. The molecule has 0 amide bonds. The molecule has 98 valence electrons. The lowest BCUT2D eigenvalue weighted by atomic mass is 10.2. The molecule has 1 aliphatic rings. The average molecular weight is 270 g/mol. The maximum atomic E-state index is 10.9. The highest BCUT2D eigenvalue weighted by Gasteiger charge is 2.10. The van der Waals surface area contributed by atoms with Crippen molar-refractivity contribution in [3.8, 4) is 5.75 Å². The summed E-state index contributed by atoms with van der Waals surface area (Å²) >= 11 is 5.81. The number of carbonyl (C=O) groups is 1. The van der Waals surface area contributed by atoms with E-state index in [0.717, 1.165) is 39.1 Å². The van der Waals surface area contributed by atoms with Crippen LogP contribution in [0.1, 0.15) is 10.4 Å². The monoisotopic (exact) mass is 269 g/mol. The van der Waals surface area contributed by atoms with Gasteiger partial charge in [0.15, 0.2) is 6.29 Å². The zero-order valence-electron chi connectivity index (χ0n) is 10.1. The van der Waals surface area contributed by atoms with Crippen molar-refractivity contribution in [3.63, 3.8) is 0 Å². The second kappa shape index (κ2) is 6.73. The van der Waals surface area contributed by atoms with Crippen molar-refractivity contribution < 1.29 is 14.3 Å². The van der Waals surface area contributed by atoms with Crippen LogP contribution in [0.3, 0.4) is 0 Å². The molecule has 1 fully saturated rings. The van der Waals surface area contributed by atoms with Crippen LogP contribution in [-0.4, -0.2) is 50.6 Å². The second-order valence-corrected chi connectivity index (χ2v) is 4.54. The number of hydrogen-bond acceptors (Lipinski definition) is 4. The molecule has 4 nitrogen and oxygen atoms in total. The summed E-state index contributed by atoms with van der Waals surface area (Å²) in [5, 5.41) is 0.539. The summed E-state index contributed by atoms with van der Waals surface area (Å²) in [7, 11) is 0. The van der Waals surface area contributed by atoms with Gasteiger partial charge in [0.25, 0.3) is 0 Å². The smallest absolute Gasteiger partial charge is 0.153 e. The molecule has 1 heterocycles. The fourth-order valence-corrected chi connectivity index (χ4v) is 2.03. The number of hydrogen-bond donors (Lipinski definition) is 0. The van der Waals surface area contributed by atoms with Gasteiger partial charge in [0.05, 0.1) is 18.8 Å². The third-order valence-corrected chi connectivity index (χ3v) is 3.10. The van der Waals surface area contributed by atoms with Crippen molar-refractivity contribution in [1.29, 1.82) is 0 Å². The van der Waals surface area contributed by atoms with Gasteiger partial charge in [-0.1, -0.05) is 11.6 Å². The van der Waals surface area contributed by atoms with Gasteiger partial charge in [0, 0.05) is 24.7 Å². The van der Waals surface area contributed by atoms with Crippen molar-refractivity contribution in [2.75, 3.05) is 39.5 Å². The molecular formula is C13H16ClNO3. The van der Waals surface area contributed by atoms with Gasteiger partial charge < -0.3 is 9.47 Å². The molecule has 0 saturated carbocycles. The number of rotatable bonds is 5. The van der Waals surface area contributed by atoms with Gasteiger partial charge in [-0.2, -0.15) is 0 Å². The van der Waals surface area contributed by atoms with Crippen LogP contribution >= 0.6 is 11.6 Å². The predicted octanol–water partition coefficient (Wildman–Crippen LogP) is 1.86. The first kappa shape index (κ1) is 13.3. The lowest BCUT2D eigenvalue weighted by Crippen LogP contribution is -2.38. The first-order valence-electron chi connectivity index (χ1n) is 5.97. The minimum absolute atomic E-state index is 0.490. The first-order chi connectivity index (χ1) is 8.79. The van der Waals surface area contributed by atoms with Crippen LogP contribution in [0.5, 0.6) is 5.75 Å². The highest BCUT2D eigenvalue weighted by Crippen LogP contribution is 2.21. The van der Waals surface area contributed by atoms with E-state index in [0.29, 0.717) is 22.9 Å². The molecule has 1 aromatic rings. The molecule has 2 rings (SSSR count). The van der Waals surface area contributed by atoms with Crippen LogP contribution < -0.4 is 4.74 Å². The zero-order valence-corrected chi connectivity index (χ0v) is 10.9. The molecule has 1 saturated heterocycles. The molecule has 0 atom stereocenters. The van der Waals surface area contributed by atoms with Crippen molar-refractivity contribution >= 4 is 17.9 Å². The van der Waals surface area contributed by atoms with E-state index in [4.69, 9.17) is 21.1 Å². The Morgan fingerprint density at radius 1 is 1.39 bits per heavy atom. The quantitative estimate of drug-likeness (QED) is 0.765. The predicted molar refractivity (Wildman–Crippen MR) is 69.6 cm³/mol. The second-order valence-electron chi connectivity index (χ2n) is 4.10. The number of halogens is 1. The van der Waals surface area contributed by atoms with Crippen LogP contribution in [0.4, 0.5) is 0 Å². The van der Waals surface area contributed by atoms with Gasteiger partial charge >= 0.3 is 0 Å². The van der Waals surface area contributed by atoms with E-state index in [2.05, 4.69) is 4.90 Å². The van der Waals surface area contributed by atoms with Crippen molar-refractivity contribution in [3.05, 3.63) is 28.8 Å². The minimum Gasteiger partial charge on any atom is -0.492 e. The molecule has 0 aliphatic carbocycles. The fourth-order valence-electron chi connectivity index (χ4n) is 1.85. The van der Waals surface area contributed by atoms with Gasteiger partial charge in [-0.3, -0.25) is 9.69 Å². The highest BCUT2D eigenvalue weighted by molar-refractivity contribution is 6.30. The number of carbonyl (C=O) groups excluding carboxylic acids is 1. The summed E-state index contributed by atoms with van der Waals surface area (Å²) in [5.41, 5.74) is 0.490. The van der Waals surface area contributed by atoms with Gasteiger partial charge in [-0.25, -0.2) is 0 Å². The summed E-state index contributed by atoms with van der Waals surface area (Å²) in [6, 6.07) is 5.06. The maximum absolute atomic E-state index is 10.9. The minimum atomic E-state index is 0.490. The number of morpholine rings is 1. The molecule has 0 spiro atoms. The summed E-state index contributed by atoms with van der Waals surface area (Å²) in [4.78, 5) is 13.2. The normalized spacial score (nSPS) is 16.5. The molecule has 0 aromatic heterocycles. The summed E-state index contributed by atoms with van der Waals surface area (Å²) in [5.74, 6) is 0.586. The van der Waals surface area contributed by atoms with Crippen LogP contribution in [0, 0.1) is 0 Å². The van der Waals surface area contributed by atoms with E-state index < -0.39 is 0 Å². The SMILES string of the molecule is O=Cc1cc(Cl)ccc1OCCN1CCOCC1. The Balaban J connectivity index is 1.84. The summed E-state index contributed by atoms with van der Waals surface area (Å²) < 4.78 is 10.9. The molecule has 0 bridgehead atoms. The highest BCUT2D eigenvalue weighted by atomic mass is 35.5. The van der Waals surface area contributed by atoms with Gasteiger partial charge in [-0.05, 0) is 18.2 Å². The molecule has 5 heteroatoms. The van der Waals surface area contributed by atoms with Gasteiger partial charge in [0.1, 0.15) is 12.4 Å². The number of nitrogens with zero attached hydrogens (tertiary/aromatic N) is 1. The van der Waals surface area contributed by atoms with E-state index in [1.807, 2.05) is 0 Å². The van der Waals surface area contributed by atoms with E-state index >= 15 is 0 Å².